The van der Waals surface area contributed by atoms with Crippen molar-refractivity contribution in [2.45, 2.75) is 43.9 Å². The average molecular weight is 446 g/mol. The van der Waals surface area contributed by atoms with Crippen molar-refractivity contribution in [3.05, 3.63) is 89.1 Å². The fourth-order valence-electron chi connectivity index (χ4n) is 5.63. The number of nitrogens with two attached hydrogens (primary N) is 1. The minimum atomic E-state index is -0.172. The van der Waals surface area contributed by atoms with E-state index < -0.39 is 0 Å². The van der Waals surface area contributed by atoms with E-state index in [2.05, 4.69) is 78.4 Å². The molecular weight excluding hydrogens is 406 g/mol. The Kier molecular flexibility index (Phi) is 7.56. The van der Waals surface area contributed by atoms with Crippen LogP contribution in [0.15, 0.2) is 78.0 Å². The molecule has 1 aliphatic carbocycles. The fraction of sp³-hybridized carbons (Fsp3) is 0.448. The lowest BCUT2D eigenvalue weighted by atomic mass is 9.61. The molecule has 4 heteroatoms. The molecule has 0 aromatic heterocycles. The Bertz CT molecular complexity index is 958. The summed E-state index contributed by atoms with van der Waals surface area (Å²) in [6.07, 6.45) is 8.63. The molecule has 3 N–H and O–H groups in total. The highest BCUT2D eigenvalue weighted by Gasteiger charge is 2.40. The number of allylic oxidation sites excluding steroid dienone is 4. The molecule has 0 amide bonds. The van der Waals surface area contributed by atoms with Gasteiger partial charge in [-0.25, -0.2) is 0 Å². The van der Waals surface area contributed by atoms with E-state index in [0.29, 0.717) is 0 Å². The van der Waals surface area contributed by atoms with E-state index in [-0.39, 0.29) is 17.9 Å². The summed E-state index contributed by atoms with van der Waals surface area (Å²) < 4.78 is 0. The number of anilines is 1. The zero-order valence-corrected chi connectivity index (χ0v) is 20.2. The molecule has 2 aromatic carbocycles. The van der Waals surface area contributed by atoms with E-state index >= 15 is 0 Å². The Morgan fingerprint density at radius 1 is 0.939 bits per heavy atom. The number of benzene rings is 2. The van der Waals surface area contributed by atoms with Gasteiger partial charge in [-0.3, -0.25) is 0 Å². The molecule has 2 atom stereocenters. The number of rotatable bonds is 8. The summed E-state index contributed by atoms with van der Waals surface area (Å²) in [5, 5.41) is 9.69. The van der Waals surface area contributed by atoms with Crippen LogP contribution < -0.4 is 5.73 Å². The Balaban J connectivity index is 1.74. The van der Waals surface area contributed by atoms with Gasteiger partial charge in [-0.15, -0.1) is 0 Å². The second-order valence-corrected chi connectivity index (χ2v) is 9.79. The summed E-state index contributed by atoms with van der Waals surface area (Å²) in [6.45, 7) is 7.11. The van der Waals surface area contributed by atoms with Crippen molar-refractivity contribution in [3.8, 4) is 0 Å². The summed E-state index contributed by atoms with van der Waals surface area (Å²) in [5.41, 5.74) is 12.3. The van der Waals surface area contributed by atoms with Crippen LogP contribution in [0.3, 0.4) is 0 Å². The molecule has 2 unspecified atom stereocenters. The Labute approximate surface area is 199 Å². The van der Waals surface area contributed by atoms with E-state index in [9.17, 15) is 5.11 Å². The summed E-state index contributed by atoms with van der Waals surface area (Å²) >= 11 is 0. The summed E-state index contributed by atoms with van der Waals surface area (Å²) in [5.74, 6) is 0.277. The van der Waals surface area contributed by atoms with Crippen LogP contribution in [0, 0.1) is 0 Å². The standard InChI is InChI=1S/C29H39N3O/c1-29(24-10-14-26(30)15-11-24,28(9-6-22-33)23-7-4-3-5-8-23)25-12-16-27(17-13-25)32-20-18-31(2)19-21-32/h3-5,7-8,10-12,14-16,28,33H,6,9,13,17-22,30H2,1-2H3. The molecule has 1 aliphatic heterocycles. The molecule has 0 bridgehead atoms. The first kappa shape index (κ1) is 23.6. The van der Waals surface area contributed by atoms with Gasteiger partial charge in [0.25, 0.3) is 0 Å². The van der Waals surface area contributed by atoms with Crippen LogP contribution >= 0.6 is 0 Å². The zero-order chi connectivity index (χ0) is 23.3. The van der Waals surface area contributed by atoms with Crippen LogP contribution in [-0.4, -0.2) is 54.7 Å². The lowest BCUT2D eigenvalue weighted by molar-refractivity contribution is 0.181. The van der Waals surface area contributed by atoms with Crippen molar-refractivity contribution < 1.29 is 5.11 Å². The second kappa shape index (κ2) is 10.6. The lowest BCUT2D eigenvalue weighted by Gasteiger charge is -2.43. The number of likely N-dealkylation sites (N-methyl/N-ethyl adjacent to an activating group) is 1. The molecule has 33 heavy (non-hydrogen) atoms. The number of nitrogens with zero attached hydrogens (tertiary/aromatic N) is 2. The van der Waals surface area contributed by atoms with E-state index in [4.69, 9.17) is 5.73 Å². The highest BCUT2D eigenvalue weighted by atomic mass is 16.2. The summed E-state index contributed by atoms with van der Waals surface area (Å²) in [7, 11) is 2.21. The fourth-order valence-corrected chi connectivity index (χ4v) is 5.63. The molecule has 1 fully saturated rings. The van der Waals surface area contributed by atoms with Crippen LogP contribution in [0.1, 0.15) is 49.7 Å². The molecule has 0 saturated carbocycles. The quantitative estimate of drug-likeness (QED) is 0.566. The molecular formula is C29H39N3O. The van der Waals surface area contributed by atoms with Gasteiger partial charge in [-0.2, -0.15) is 0 Å². The maximum absolute atomic E-state index is 9.69. The smallest absolute Gasteiger partial charge is 0.0431 e. The van der Waals surface area contributed by atoms with Crippen molar-refractivity contribution >= 4 is 5.69 Å². The first-order valence-electron chi connectivity index (χ1n) is 12.4. The second-order valence-electron chi connectivity index (χ2n) is 9.79. The predicted molar refractivity (Wildman–Crippen MR) is 138 cm³/mol. The van der Waals surface area contributed by atoms with Crippen molar-refractivity contribution in [3.63, 3.8) is 0 Å². The first-order valence-corrected chi connectivity index (χ1v) is 12.4. The van der Waals surface area contributed by atoms with Gasteiger partial charge in [-0.05, 0) is 68.0 Å². The summed E-state index contributed by atoms with van der Waals surface area (Å²) in [4.78, 5) is 4.97. The van der Waals surface area contributed by atoms with E-state index in [1.54, 1.807) is 0 Å². The third-order valence-corrected chi connectivity index (χ3v) is 7.76. The number of aliphatic hydroxyl groups is 1. The number of piperazine rings is 1. The normalized spacial score (nSPS) is 20.0. The average Bonchev–Trinajstić information content (AvgIpc) is 2.86. The predicted octanol–water partition coefficient (Wildman–Crippen LogP) is 4.93. The lowest BCUT2D eigenvalue weighted by Crippen LogP contribution is -2.44. The van der Waals surface area contributed by atoms with E-state index in [1.165, 1.54) is 22.4 Å². The topological polar surface area (TPSA) is 52.7 Å². The minimum absolute atomic E-state index is 0.172. The van der Waals surface area contributed by atoms with Crippen molar-refractivity contribution in [1.82, 2.24) is 9.80 Å². The van der Waals surface area contributed by atoms with Crippen molar-refractivity contribution in [1.29, 1.82) is 0 Å². The Morgan fingerprint density at radius 3 is 2.24 bits per heavy atom. The van der Waals surface area contributed by atoms with Gasteiger partial charge < -0.3 is 20.6 Å². The van der Waals surface area contributed by atoms with Crippen LogP contribution in [0.25, 0.3) is 0 Å². The van der Waals surface area contributed by atoms with Gasteiger partial charge in [0.1, 0.15) is 0 Å². The molecule has 4 rings (SSSR count). The molecule has 1 saturated heterocycles. The third-order valence-electron chi connectivity index (χ3n) is 7.76. The largest absolute Gasteiger partial charge is 0.399 e. The highest BCUT2D eigenvalue weighted by Crippen LogP contribution is 2.49. The van der Waals surface area contributed by atoms with Gasteiger partial charge in [-0.1, -0.05) is 61.0 Å². The zero-order valence-electron chi connectivity index (χ0n) is 20.2. The van der Waals surface area contributed by atoms with Crippen molar-refractivity contribution in [2.75, 3.05) is 45.6 Å². The van der Waals surface area contributed by atoms with Gasteiger partial charge in [0.15, 0.2) is 0 Å². The van der Waals surface area contributed by atoms with Crippen LogP contribution in [-0.2, 0) is 5.41 Å². The van der Waals surface area contributed by atoms with Crippen LogP contribution in [0.4, 0.5) is 5.69 Å². The maximum Gasteiger partial charge on any atom is 0.0431 e. The molecule has 0 radical (unpaired) electrons. The number of hydrogen-bond acceptors (Lipinski definition) is 4. The minimum Gasteiger partial charge on any atom is -0.399 e. The summed E-state index contributed by atoms with van der Waals surface area (Å²) in [6, 6.07) is 19.3. The van der Waals surface area contributed by atoms with Gasteiger partial charge >= 0.3 is 0 Å². The molecule has 0 spiro atoms. The number of aliphatic hydroxyl groups excluding tert-OH is 1. The van der Waals surface area contributed by atoms with Gasteiger partial charge in [0.2, 0.25) is 0 Å². The van der Waals surface area contributed by atoms with E-state index in [1.807, 2.05) is 12.1 Å². The van der Waals surface area contributed by atoms with E-state index in [0.717, 1.165) is 57.5 Å². The van der Waals surface area contributed by atoms with Crippen LogP contribution in [0.2, 0.25) is 0 Å². The molecule has 2 aliphatic rings. The first-order chi connectivity index (χ1) is 16.0. The molecule has 4 nitrogen and oxygen atoms in total. The monoisotopic (exact) mass is 445 g/mol. The highest BCUT2D eigenvalue weighted by molar-refractivity contribution is 5.49. The van der Waals surface area contributed by atoms with Crippen molar-refractivity contribution in [2.24, 2.45) is 0 Å². The third kappa shape index (κ3) is 5.18. The molecule has 176 valence electrons. The number of nitrogen functional groups attached to an aromatic ring is 1. The van der Waals surface area contributed by atoms with Gasteiger partial charge in [0.05, 0.1) is 0 Å². The maximum atomic E-state index is 9.69. The molecule has 2 aromatic rings. The Morgan fingerprint density at radius 2 is 1.64 bits per heavy atom. The van der Waals surface area contributed by atoms with Gasteiger partial charge in [0, 0.05) is 49.6 Å². The number of hydrogen-bond donors (Lipinski definition) is 2. The molecule has 1 heterocycles. The Hall–Kier alpha value is -2.56. The SMILES string of the molecule is CN1CCN(C2=CC=C(C(C)(c3ccc(N)cc3)C(CCCO)c3ccccc3)CC2)CC1. The van der Waals surface area contributed by atoms with Crippen LogP contribution in [0.5, 0.6) is 0 Å².